The molecular formula is C18H20N4O3S2. The van der Waals surface area contributed by atoms with Gasteiger partial charge in [0.2, 0.25) is 0 Å². The van der Waals surface area contributed by atoms with Gasteiger partial charge in [-0.3, -0.25) is 9.69 Å². The average Bonchev–Trinajstić information content (AvgIpc) is 3.18. The largest absolute Gasteiger partial charge is 0.349 e. The van der Waals surface area contributed by atoms with E-state index < -0.39 is 10.0 Å². The third-order valence-electron chi connectivity index (χ3n) is 4.75. The van der Waals surface area contributed by atoms with Crippen LogP contribution in [0.3, 0.4) is 0 Å². The van der Waals surface area contributed by atoms with Gasteiger partial charge in [0.1, 0.15) is 10.7 Å². The Morgan fingerprint density at radius 1 is 1.26 bits per heavy atom. The molecule has 4 rings (SSSR count). The predicted octanol–water partition coefficient (Wildman–Crippen LogP) is 2.16. The van der Waals surface area contributed by atoms with E-state index in [1.807, 2.05) is 16.8 Å². The molecule has 1 aromatic carbocycles. The molecule has 3 heterocycles. The third kappa shape index (κ3) is 4.05. The van der Waals surface area contributed by atoms with Crippen LogP contribution in [0, 0.1) is 0 Å². The summed E-state index contributed by atoms with van der Waals surface area (Å²) in [7, 11) is -3.65. The van der Waals surface area contributed by atoms with Gasteiger partial charge in [0.15, 0.2) is 0 Å². The van der Waals surface area contributed by atoms with Crippen LogP contribution in [-0.2, 0) is 10.0 Å². The number of hydrogen-bond donors (Lipinski definition) is 2. The maximum atomic E-state index is 12.3. The number of rotatable bonds is 4. The summed E-state index contributed by atoms with van der Waals surface area (Å²) in [4.78, 5) is 14.5. The van der Waals surface area contributed by atoms with E-state index in [0.717, 1.165) is 25.9 Å². The number of fused-ring (bicyclic) bond motifs is 1. The van der Waals surface area contributed by atoms with Crippen molar-refractivity contribution in [3.63, 3.8) is 0 Å². The first-order valence-corrected chi connectivity index (χ1v) is 11.1. The van der Waals surface area contributed by atoms with Gasteiger partial charge in [-0.25, -0.2) is 0 Å². The number of para-hydroxylation sites is 1. The second kappa shape index (κ2) is 7.41. The van der Waals surface area contributed by atoms with Crippen LogP contribution in [-0.4, -0.2) is 50.7 Å². The molecule has 0 saturated carbocycles. The molecule has 2 aliphatic rings. The van der Waals surface area contributed by atoms with Crippen molar-refractivity contribution in [3.05, 3.63) is 46.7 Å². The molecule has 27 heavy (non-hydrogen) atoms. The molecule has 1 aromatic heterocycles. The highest BCUT2D eigenvalue weighted by atomic mass is 32.2. The average molecular weight is 405 g/mol. The monoisotopic (exact) mass is 404 g/mol. The molecule has 9 heteroatoms. The number of sulfonamides is 1. The van der Waals surface area contributed by atoms with Gasteiger partial charge >= 0.3 is 0 Å². The van der Waals surface area contributed by atoms with Gasteiger partial charge in [0.05, 0.1) is 12.2 Å². The van der Waals surface area contributed by atoms with E-state index >= 15 is 0 Å². The van der Waals surface area contributed by atoms with Crippen LogP contribution in [0.25, 0.3) is 0 Å². The summed E-state index contributed by atoms with van der Waals surface area (Å²) < 4.78 is 28.6. The van der Waals surface area contributed by atoms with Crippen LogP contribution < -0.4 is 10.6 Å². The lowest BCUT2D eigenvalue weighted by atomic mass is 10.0. The van der Waals surface area contributed by atoms with E-state index in [-0.39, 0.29) is 16.8 Å². The Bertz CT molecular complexity index is 962. The van der Waals surface area contributed by atoms with Gasteiger partial charge in [0.25, 0.3) is 15.9 Å². The molecular weight excluding hydrogens is 384 g/mol. The number of thiophene rings is 1. The lowest BCUT2D eigenvalue weighted by Gasteiger charge is -2.33. The number of carbonyl (C=O) groups excluding carboxylic acids is 1. The highest BCUT2D eigenvalue weighted by Crippen LogP contribution is 2.26. The lowest BCUT2D eigenvalue weighted by molar-refractivity contribution is 0.0915. The summed E-state index contributed by atoms with van der Waals surface area (Å²) in [6.07, 6.45) is 1.65. The normalized spacial score (nSPS) is 19.6. The number of carbonyl (C=O) groups is 1. The zero-order chi connectivity index (χ0) is 18.9. The topological polar surface area (TPSA) is 90.9 Å². The minimum absolute atomic E-state index is 0.0317. The molecule has 1 saturated heterocycles. The van der Waals surface area contributed by atoms with Crippen molar-refractivity contribution in [2.45, 2.75) is 23.8 Å². The Hall–Kier alpha value is -2.23. The van der Waals surface area contributed by atoms with Crippen LogP contribution in [0.2, 0.25) is 0 Å². The molecule has 2 N–H and O–H groups in total. The molecule has 7 nitrogen and oxygen atoms in total. The zero-order valence-electron chi connectivity index (χ0n) is 14.6. The molecule has 0 aliphatic carbocycles. The molecule has 2 aliphatic heterocycles. The summed E-state index contributed by atoms with van der Waals surface area (Å²) in [5, 5.41) is 9.93. The number of benzene rings is 1. The van der Waals surface area contributed by atoms with E-state index in [4.69, 9.17) is 0 Å². The Balaban J connectivity index is 1.33. The molecule has 0 atom stereocenters. The molecule has 0 bridgehead atoms. The van der Waals surface area contributed by atoms with Gasteiger partial charge in [-0.2, -0.15) is 19.8 Å². The molecule has 2 aromatic rings. The van der Waals surface area contributed by atoms with E-state index in [0.29, 0.717) is 23.6 Å². The van der Waals surface area contributed by atoms with Crippen molar-refractivity contribution in [2.24, 2.45) is 4.40 Å². The van der Waals surface area contributed by atoms with Gasteiger partial charge in [0, 0.05) is 30.1 Å². The summed E-state index contributed by atoms with van der Waals surface area (Å²) in [6.45, 7) is 1.99. The number of nitrogens with one attached hydrogen (secondary N) is 2. The minimum Gasteiger partial charge on any atom is -0.349 e. The van der Waals surface area contributed by atoms with Crippen molar-refractivity contribution in [2.75, 3.05) is 25.0 Å². The SMILES string of the molecule is O=C(NC1CCN(CC2=NS(=O)(=O)c3ccccc3N2)CC1)c1ccsc1. The molecule has 0 spiro atoms. The minimum atomic E-state index is -3.65. The smallest absolute Gasteiger partial charge is 0.286 e. The number of hydrogen-bond acceptors (Lipinski definition) is 6. The highest BCUT2D eigenvalue weighted by Gasteiger charge is 2.27. The van der Waals surface area contributed by atoms with Crippen LogP contribution in [0.1, 0.15) is 23.2 Å². The summed E-state index contributed by atoms with van der Waals surface area (Å²) in [6, 6.07) is 8.74. The predicted molar refractivity (Wildman–Crippen MR) is 106 cm³/mol. The Morgan fingerprint density at radius 3 is 2.78 bits per heavy atom. The zero-order valence-corrected chi connectivity index (χ0v) is 16.2. The van der Waals surface area contributed by atoms with Crippen LogP contribution >= 0.6 is 11.3 Å². The highest BCUT2D eigenvalue weighted by molar-refractivity contribution is 7.90. The standard InChI is InChI=1S/C18H20N4O3S2/c23-18(13-7-10-26-12-13)19-14-5-8-22(9-6-14)11-17-20-15-3-1-2-4-16(15)27(24,25)21-17/h1-4,7,10,12,14H,5-6,8-9,11H2,(H,19,23)(H,20,21). The van der Waals surface area contributed by atoms with Crippen LogP contribution in [0.5, 0.6) is 0 Å². The van der Waals surface area contributed by atoms with Gasteiger partial charge in [-0.05, 0) is 36.4 Å². The van der Waals surface area contributed by atoms with Crippen molar-refractivity contribution < 1.29 is 13.2 Å². The number of amides is 1. The Kier molecular flexibility index (Phi) is 4.98. The quantitative estimate of drug-likeness (QED) is 0.815. The second-order valence-corrected chi connectivity index (χ2v) is 9.02. The second-order valence-electron chi connectivity index (χ2n) is 6.67. The summed E-state index contributed by atoms with van der Waals surface area (Å²) in [5.74, 6) is 0.408. The van der Waals surface area contributed by atoms with Gasteiger partial charge < -0.3 is 10.6 Å². The van der Waals surface area contributed by atoms with Gasteiger partial charge in [-0.15, -0.1) is 4.40 Å². The first-order valence-electron chi connectivity index (χ1n) is 8.76. The van der Waals surface area contributed by atoms with Crippen LogP contribution in [0.4, 0.5) is 5.69 Å². The van der Waals surface area contributed by atoms with Crippen molar-refractivity contribution >= 4 is 38.8 Å². The Labute approximate surface area is 162 Å². The van der Waals surface area contributed by atoms with E-state index in [1.165, 1.54) is 11.3 Å². The first-order chi connectivity index (χ1) is 13.0. The fourth-order valence-electron chi connectivity index (χ4n) is 3.35. The van der Waals surface area contributed by atoms with Crippen LogP contribution in [0.15, 0.2) is 50.4 Å². The number of nitrogens with zero attached hydrogens (tertiary/aromatic N) is 2. The number of amidine groups is 1. The molecule has 0 unspecified atom stereocenters. The maximum absolute atomic E-state index is 12.3. The summed E-state index contributed by atoms with van der Waals surface area (Å²) >= 11 is 1.51. The fourth-order valence-corrected chi connectivity index (χ4v) is 5.12. The third-order valence-corrected chi connectivity index (χ3v) is 6.81. The van der Waals surface area contributed by atoms with E-state index in [2.05, 4.69) is 19.9 Å². The van der Waals surface area contributed by atoms with Crippen molar-refractivity contribution in [3.8, 4) is 0 Å². The molecule has 0 radical (unpaired) electrons. The number of piperidine rings is 1. The fraction of sp³-hybridized carbons (Fsp3) is 0.333. The molecule has 1 fully saturated rings. The summed E-state index contributed by atoms with van der Waals surface area (Å²) in [5.41, 5.74) is 1.27. The van der Waals surface area contributed by atoms with Gasteiger partial charge in [-0.1, -0.05) is 12.1 Å². The number of likely N-dealkylation sites (tertiary alicyclic amines) is 1. The molecule has 142 valence electrons. The maximum Gasteiger partial charge on any atom is 0.286 e. The van der Waals surface area contributed by atoms with E-state index in [1.54, 1.807) is 24.3 Å². The Morgan fingerprint density at radius 2 is 2.04 bits per heavy atom. The molecule has 1 amide bonds. The van der Waals surface area contributed by atoms with E-state index in [9.17, 15) is 13.2 Å². The number of anilines is 1. The lowest BCUT2D eigenvalue weighted by Crippen LogP contribution is -2.46. The van der Waals surface area contributed by atoms with Crippen molar-refractivity contribution in [1.82, 2.24) is 10.2 Å². The first kappa shape index (κ1) is 18.1. The van der Waals surface area contributed by atoms with Crippen molar-refractivity contribution in [1.29, 1.82) is 0 Å².